The van der Waals surface area contributed by atoms with Gasteiger partial charge in [-0.15, -0.1) is 10.2 Å². The third kappa shape index (κ3) is 4.98. The number of hydrogen-bond donors (Lipinski definition) is 1. The number of carbonyl (C=O) groups is 1. The Morgan fingerprint density at radius 2 is 2.12 bits per heavy atom. The van der Waals surface area contributed by atoms with E-state index in [1.54, 1.807) is 0 Å². The van der Waals surface area contributed by atoms with Crippen LogP contribution in [0, 0.1) is 11.7 Å². The van der Waals surface area contributed by atoms with Crippen LogP contribution in [0.1, 0.15) is 37.9 Å². The molecule has 1 heterocycles. The quantitative estimate of drug-likeness (QED) is 0.732. The van der Waals surface area contributed by atoms with Crippen LogP contribution in [-0.2, 0) is 18.3 Å². The van der Waals surface area contributed by atoms with Gasteiger partial charge in [0.1, 0.15) is 11.6 Å². The maximum absolute atomic E-state index is 13.2. The Hall–Kier alpha value is -1.60. The minimum Gasteiger partial charge on any atom is -0.325 e. The molecule has 1 fully saturated rings. The zero-order valence-electron chi connectivity index (χ0n) is 14.7. The Morgan fingerprint density at radius 1 is 1.35 bits per heavy atom. The third-order valence-electron chi connectivity index (χ3n) is 4.66. The summed E-state index contributed by atoms with van der Waals surface area (Å²) in [6, 6.07) is 4.10. The van der Waals surface area contributed by atoms with Gasteiger partial charge in [-0.1, -0.05) is 55.5 Å². The Morgan fingerprint density at radius 3 is 2.85 bits per heavy atom. The van der Waals surface area contributed by atoms with Crippen LogP contribution in [-0.4, -0.2) is 26.4 Å². The molecule has 2 aromatic rings. The van der Waals surface area contributed by atoms with Crippen LogP contribution in [0.25, 0.3) is 0 Å². The fourth-order valence-electron chi connectivity index (χ4n) is 3.20. The fourth-order valence-corrected chi connectivity index (χ4v) is 4.11. The second-order valence-electron chi connectivity index (χ2n) is 6.63. The number of anilines is 1. The number of thioether (sulfide) groups is 1. The summed E-state index contributed by atoms with van der Waals surface area (Å²) >= 11 is 7.06. The Balaban J connectivity index is 1.52. The summed E-state index contributed by atoms with van der Waals surface area (Å²) in [4.78, 5) is 12.1. The van der Waals surface area contributed by atoms with Gasteiger partial charge in [0, 0.05) is 19.2 Å². The molecule has 8 heteroatoms. The van der Waals surface area contributed by atoms with Crippen LogP contribution in [0.4, 0.5) is 10.1 Å². The van der Waals surface area contributed by atoms with Gasteiger partial charge in [0.2, 0.25) is 5.91 Å². The molecule has 1 saturated carbocycles. The molecule has 0 saturated heterocycles. The lowest BCUT2D eigenvalue weighted by Gasteiger charge is -2.20. The van der Waals surface area contributed by atoms with Crippen molar-refractivity contribution in [3.05, 3.63) is 34.9 Å². The van der Waals surface area contributed by atoms with Gasteiger partial charge in [-0.3, -0.25) is 4.79 Å². The molecular formula is C18H22ClFN4OS. The molecule has 5 nitrogen and oxygen atoms in total. The van der Waals surface area contributed by atoms with Gasteiger partial charge in [-0.25, -0.2) is 4.39 Å². The first-order valence-electron chi connectivity index (χ1n) is 8.79. The SMILES string of the molecule is Cn1c(CC2CCCCC2)nnc1SCC(=O)Nc1ccc(F)c(Cl)c1. The molecule has 3 rings (SSSR count). The van der Waals surface area contributed by atoms with Crippen LogP contribution in [0.5, 0.6) is 0 Å². The maximum Gasteiger partial charge on any atom is 0.234 e. The van der Waals surface area contributed by atoms with Gasteiger partial charge in [0.15, 0.2) is 5.16 Å². The summed E-state index contributed by atoms with van der Waals surface area (Å²) in [5.74, 6) is 1.16. The standard InChI is InChI=1S/C18H22ClFN4OS/c1-24-16(9-12-5-3-2-4-6-12)22-23-18(24)26-11-17(25)21-13-7-8-15(20)14(19)10-13/h7-8,10,12H,2-6,9,11H2,1H3,(H,21,25). The summed E-state index contributed by atoms with van der Waals surface area (Å²) in [5, 5.41) is 11.9. The lowest BCUT2D eigenvalue weighted by Crippen LogP contribution is -2.15. The monoisotopic (exact) mass is 396 g/mol. The smallest absolute Gasteiger partial charge is 0.234 e. The van der Waals surface area contributed by atoms with E-state index in [1.165, 1.54) is 62.1 Å². The van der Waals surface area contributed by atoms with E-state index in [2.05, 4.69) is 15.5 Å². The summed E-state index contributed by atoms with van der Waals surface area (Å²) in [5.41, 5.74) is 0.470. The lowest BCUT2D eigenvalue weighted by atomic mass is 9.87. The Kier molecular flexibility index (Phi) is 6.53. The van der Waals surface area contributed by atoms with E-state index in [0.29, 0.717) is 11.6 Å². The molecule has 140 valence electrons. The molecule has 0 bridgehead atoms. The molecule has 1 aliphatic rings. The summed E-state index contributed by atoms with van der Waals surface area (Å²) in [6.45, 7) is 0. The van der Waals surface area contributed by atoms with Gasteiger partial charge < -0.3 is 9.88 Å². The molecular weight excluding hydrogens is 375 g/mol. The van der Waals surface area contributed by atoms with Crippen molar-refractivity contribution in [3.8, 4) is 0 Å². The van der Waals surface area contributed by atoms with Crippen molar-refractivity contribution in [2.24, 2.45) is 13.0 Å². The molecule has 0 atom stereocenters. The number of halogens is 2. The van der Waals surface area contributed by atoms with E-state index >= 15 is 0 Å². The molecule has 1 amide bonds. The number of hydrogen-bond acceptors (Lipinski definition) is 4. The predicted octanol–water partition coefficient (Wildman–Crippen LogP) is 4.46. The van der Waals surface area contributed by atoms with Crippen molar-refractivity contribution in [1.29, 1.82) is 0 Å². The van der Waals surface area contributed by atoms with Crippen LogP contribution in [0.15, 0.2) is 23.4 Å². The first-order chi connectivity index (χ1) is 12.5. The van der Waals surface area contributed by atoms with E-state index in [0.717, 1.165) is 17.4 Å². The van der Waals surface area contributed by atoms with Crippen LogP contribution < -0.4 is 5.32 Å². The first-order valence-corrected chi connectivity index (χ1v) is 10.1. The normalized spacial score (nSPS) is 15.2. The highest BCUT2D eigenvalue weighted by Gasteiger charge is 2.18. The van der Waals surface area contributed by atoms with Crippen molar-refractivity contribution >= 4 is 35.0 Å². The maximum atomic E-state index is 13.2. The molecule has 1 aliphatic carbocycles. The van der Waals surface area contributed by atoms with Crippen LogP contribution >= 0.6 is 23.4 Å². The number of benzene rings is 1. The largest absolute Gasteiger partial charge is 0.325 e. The number of nitrogens with one attached hydrogen (secondary N) is 1. The highest BCUT2D eigenvalue weighted by atomic mass is 35.5. The highest BCUT2D eigenvalue weighted by Crippen LogP contribution is 2.27. The summed E-state index contributed by atoms with van der Waals surface area (Å²) in [6.07, 6.45) is 7.42. The first kappa shape index (κ1) is 19.2. The molecule has 1 aromatic heterocycles. The fraction of sp³-hybridized carbons (Fsp3) is 0.500. The number of carbonyl (C=O) groups excluding carboxylic acids is 1. The predicted molar refractivity (Wildman–Crippen MR) is 102 cm³/mol. The van der Waals surface area contributed by atoms with Gasteiger partial charge in [-0.2, -0.15) is 0 Å². The van der Waals surface area contributed by atoms with Gasteiger partial charge >= 0.3 is 0 Å². The third-order valence-corrected chi connectivity index (χ3v) is 5.97. The van der Waals surface area contributed by atoms with Crippen molar-refractivity contribution < 1.29 is 9.18 Å². The van der Waals surface area contributed by atoms with Crippen molar-refractivity contribution in [2.75, 3.05) is 11.1 Å². The number of aromatic nitrogens is 3. The minimum absolute atomic E-state index is 0.0175. The molecule has 26 heavy (non-hydrogen) atoms. The zero-order chi connectivity index (χ0) is 18.5. The average molecular weight is 397 g/mol. The molecule has 0 aliphatic heterocycles. The van der Waals surface area contributed by atoms with Gasteiger partial charge in [0.05, 0.1) is 10.8 Å². The summed E-state index contributed by atoms with van der Waals surface area (Å²) < 4.78 is 15.1. The number of nitrogens with zero attached hydrogens (tertiary/aromatic N) is 3. The topological polar surface area (TPSA) is 59.8 Å². The molecule has 1 aromatic carbocycles. The van der Waals surface area contributed by atoms with Crippen LogP contribution in [0.3, 0.4) is 0 Å². The molecule has 0 radical (unpaired) electrons. The average Bonchev–Trinajstić information content (AvgIpc) is 2.97. The van der Waals surface area contributed by atoms with Crippen LogP contribution in [0.2, 0.25) is 5.02 Å². The highest BCUT2D eigenvalue weighted by molar-refractivity contribution is 7.99. The summed E-state index contributed by atoms with van der Waals surface area (Å²) in [7, 11) is 1.94. The van der Waals surface area contributed by atoms with E-state index in [1.807, 2.05) is 11.6 Å². The van der Waals surface area contributed by atoms with Crippen molar-refractivity contribution in [1.82, 2.24) is 14.8 Å². The van der Waals surface area contributed by atoms with E-state index in [9.17, 15) is 9.18 Å². The Bertz CT molecular complexity index is 777. The van der Waals surface area contributed by atoms with Gasteiger partial charge in [0.25, 0.3) is 0 Å². The zero-order valence-corrected chi connectivity index (χ0v) is 16.2. The van der Waals surface area contributed by atoms with E-state index in [-0.39, 0.29) is 16.7 Å². The van der Waals surface area contributed by atoms with E-state index in [4.69, 9.17) is 11.6 Å². The lowest BCUT2D eigenvalue weighted by molar-refractivity contribution is -0.113. The second-order valence-corrected chi connectivity index (χ2v) is 7.98. The number of rotatable bonds is 6. The molecule has 0 spiro atoms. The van der Waals surface area contributed by atoms with E-state index < -0.39 is 5.82 Å². The van der Waals surface area contributed by atoms with Crippen molar-refractivity contribution in [2.45, 2.75) is 43.7 Å². The van der Waals surface area contributed by atoms with Gasteiger partial charge in [-0.05, 0) is 24.1 Å². The molecule has 1 N–H and O–H groups in total. The minimum atomic E-state index is -0.511. The molecule has 0 unspecified atom stereocenters. The second kappa shape index (κ2) is 8.86. The van der Waals surface area contributed by atoms with Crippen molar-refractivity contribution in [3.63, 3.8) is 0 Å². The number of amides is 1. The Labute approximate surface area is 161 Å².